The number of amides is 1. The van der Waals surface area contributed by atoms with Crippen LogP contribution in [0.25, 0.3) is 0 Å². The van der Waals surface area contributed by atoms with E-state index in [0.717, 1.165) is 44.7 Å². The lowest BCUT2D eigenvalue weighted by Crippen LogP contribution is -2.45. The van der Waals surface area contributed by atoms with Crippen molar-refractivity contribution < 1.29 is 9.18 Å². The van der Waals surface area contributed by atoms with Gasteiger partial charge in [0.2, 0.25) is 5.91 Å². The molecule has 1 aliphatic heterocycles. The van der Waals surface area contributed by atoms with Gasteiger partial charge in [-0.05, 0) is 44.5 Å². The highest BCUT2D eigenvalue weighted by molar-refractivity contribution is 5.87. The Labute approximate surface area is 132 Å². The van der Waals surface area contributed by atoms with Crippen molar-refractivity contribution >= 4 is 5.91 Å². The summed E-state index contributed by atoms with van der Waals surface area (Å²) >= 11 is 0. The fourth-order valence-corrected chi connectivity index (χ4v) is 2.66. The highest BCUT2D eigenvalue weighted by atomic mass is 19.1. The number of carbonyl (C=O) groups excluding carboxylic acids is 1. The number of halogens is 1. The molecule has 1 amide bonds. The van der Waals surface area contributed by atoms with Crippen molar-refractivity contribution in [1.82, 2.24) is 15.5 Å². The van der Waals surface area contributed by atoms with Crippen LogP contribution >= 0.6 is 0 Å². The Morgan fingerprint density at radius 3 is 2.55 bits per heavy atom. The van der Waals surface area contributed by atoms with Crippen molar-refractivity contribution in [3.8, 4) is 0 Å². The number of carbonyl (C=O) groups is 1. The summed E-state index contributed by atoms with van der Waals surface area (Å²) in [5.41, 5.74) is 0.177. The van der Waals surface area contributed by atoms with Gasteiger partial charge in [0.05, 0.1) is 5.41 Å². The van der Waals surface area contributed by atoms with Gasteiger partial charge in [0.1, 0.15) is 5.82 Å². The molecule has 0 saturated carbocycles. The molecule has 22 heavy (non-hydrogen) atoms. The first-order chi connectivity index (χ1) is 10.5. The third-order valence-corrected chi connectivity index (χ3v) is 4.28. The predicted molar refractivity (Wildman–Crippen MR) is 86.4 cm³/mol. The van der Waals surface area contributed by atoms with E-state index in [2.05, 4.69) is 15.5 Å². The third-order valence-electron chi connectivity index (χ3n) is 4.28. The van der Waals surface area contributed by atoms with Gasteiger partial charge in [0.15, 0.2) is 0 Å². The monoisotopic (exact) mass is 307 g/mol. The molecule has 2 N–H and O–H groups in total. The van der Waals surface area contributed by atoms with Crippen molar-refractivity contribution in [1.29, 1.82) is 0 Å². The van der Waals surface area contributed by atoms with Crippen molar-refractivity contribution in [3.63, 3.8) is 0 Å². The second kappa shape index (κ2) is 7.70. The zero-order valence-electron chi connectivity index (χ0n) is 13.5. The quantitative estimate of drug-likeness (QED) is 0.783. The van der Waals surface area contributed by atoms with E-state index in [9.17, 15) is 9.18 Å². The lowest BCUT2D eigenvalue weighted by Gasteiger charge is -2.28. The molecule has 0 unspecified atom stereocenters. The Morgan fingerprint density at radius 2 is 1.91 bits per heavy atom. The van der Waals surface area contributed by atoms with Crippen molar-refractivity contribution in [2.45, 2.75) is 25.7 Å². The lowest BCUT2D eigenvalue weighted by molar-refractivity contribution is -0.125. The second-order valence-corrected chi connectivity index (χ2v) is 6.33. The van der Waals surface area contributed by atoms with Crippen molar-refractivity contribution in [2.75, 3.05) is 39.3 Å². The van der Waals surface area contributed by atoms with E-state index >= 15 is 0 Å². The molecule has 0 aromatic heterocycles. The molecule has 1 aromatic rings. The maximum absolute atomic E-state index is 13.0. The molecule has 0 radical (unpaired) electrons. The van der Waals surface area contributed by atoms with Crippen LogP contribution in [-0.4, -0.2) is 50.1 Å². The van der Waals surface area contributed by atoms with Crippen LogP contribution < -0.4 is 10.6 Å². The fraction of sp³-hybridized carbons (Fsp3) is 0.588. The van der Waals surface area contributed by atoms with Gasteiger partial charge >= 0.3 is 0 Å². The Kier molecular flexibility index (Phi) is 5.91. The fourth-order valence-electron chi connectivity index (χ4n) is 2.66. The van der Waals surface area contributed by atoms with Crippen LogP contribution in [0.5, 0.6) is 0 Å². The lowest BCUT2D eigenvalue weighted by atomic mass is 9.83. The first kappa shape index (κ1) is 16.9. The maximum Gasteiger partial charge on any atom is 0.230 e. The van der Waals surface area contributed by atoms with E-state index in [0.29, 0.717) is 6.54 Å². The van der Waals surface area contributed by atoms with E-state index in [1.54, 1.807) is 12.1 Å². The van der Waals surface area contributed by atoms with Crippen LogP contribution in [0.4, 0.5) is 4.39 Å². The number of piperazine rings is 1. The summed E-state index contributed by atoms with van der Waals surface area (Å²) in [6.07, 6.45) is 0.950. The largest absolute Gasteiger partial charge is 0.355 e. The minimum absolute atomic E-state index is 0.0144. The average Bonchev–Trinajstić information content (AvgIpc) is 2.52. The molecule has 5 heteroatoms. The van der Waals surface area contributed by atoms with Crippen molar-refractivity contribution in [3.05, 3.63) is 35.6 Å². The van der Waals surface area contributed by atoms with E-state index < -0.39 is 5.41 Å². The highest BCUT2D eigenvalue weighted by Crippen LogP contribution is 2.23. The Morgan fingerprint density at radius 1 is 1.27 bits per heavy atom. The van der Waals surface area contributed by atoms with Crippen LogP contribution in [0.15, 0.2) is 24.3 Å². The molecule has 122 valence electrons. The first-order valence-electron chi connectivity index (χ1n) is 7.97. The zero-order valence-corrected chi connectivity index (χ0v) is 13.5. The highest BCUT2D eigenvalue weighted by Gasteiger charge is 2.29. The SMILES string of the molecule is CC(C)(C(=O)NCCCN1CCNCC1)c1ccc(F)cc1. The van der Waals surface area contributed by atoms with Crippen LogP contribution in [0.1, 0.15) is 25.8 Å². The van der Waals surface area contributed by atoms with Gasteiger partial charge in [-0.1, -0.05) is 12.1 Å². The maximum atomic E-state index is 13.0. The topological polar surface area (TPSA) is 44.4 Å². The zero-order chi connectivity index (χ0) is 16.0. The third kappa shape index (κ3) is 4.52. The average molecular weight is 307 g/mol. The van der Waals surface area contributed by atoms with E-state index in [1.807, 2.05) is 13.8 Å². The Hall–Kier alpha value is -1.46. The number of nitrogens with one attached hydrogen (secondary N) is 2. The summed E-state index contributed by atoms with van der Waals surface area (Å²) in [4.78, 5) is 14.8. The van der Waals surface area contributed by atoms with Gasteiger partial charge < -0.3 is 15.5 Å². The van der Waals surface area contributed by atoms with Gasteiger partial charge in [-0.3, -0.25) is 4.79 Å². The molecule has 1 aromatic carbocycles. The minimum atomic E-state index is -0.650. The molecule has 0 aliphatic carbocycles. The van der Waals surface area contributed by atoms with E-state index in [-0.39, 0.29) is 11.7 Å². The summed E-state index contributed by atoms with van der Waals surface area (Å²) in [7, 11) is 0. The normalized spacial score (nSPS) is 16.5. The summed E-state index contributed by atoms with van der Waals surface area (Å²) in [6.45, 7) is 9.67. The standard InChI is InChI=1S/C17H26FN3O/c1-17(2,14-4-6-15(18)7-5-14)16(22)20-8-3-11-21-12-9-19-10-13-21/h4-7,19H,3,8-13H2,1-2H3,(H,20,22). The summed E-state index contributed by atoms with van der Waals surface area (Å²) in [5, 5.41) is 6.33. The second-order valence-electron chi connectivity index (χ2n) is 6.33. The van der Waals surface area contributed by atoms with Crippen LogP contribution in [0.2, 0.25) is 0 Å². The molecule has 1 saturated heterocycles. The van der Waals surface area contributed by atoms with E-state index in [4.69, 9.17) is 0 Å². The molecule has 1 fully saturated rings. The number of hydrogen-bond acceptors (Lipinski definition) is 3. The molecule has 0 atom stereocenters. The predicted octanol–water partition coefficient (Wildman–Crippen LogP) is 1.51. The number of nitrogens with zero attached hydrogens (tertiary/aromatic N) is 1. The van der Waals surface area contributed by atoms with Gasteiger partial charge in [-0.25, -0.2) is 4.39 Å². The van der Waals surface area contributed by atoms with Crippen LogP contribution in [0.3, 0.4) is 0 Å². The Bertz CT molecular complexity index is 481. The summed E-state index contributed by atoms with van der Waals surface area (Å²) < 4.78 is 13.0. The van der Waals surface area contributed by atoms with Crippen LogP contribution in [0, 0.1) is 5.82 Å². The number of benzene rings is 1. The van der Waals surface area contributed by atoms with Gasteiger partial charge in [0, 0.05) is 32.7 Å². The van der Waals surface area contributed by atoms with Gasteiger partial charge in [-0.15, -0.1) is 0 Å². The molecular weight excluding hydrogens is 281 g/mol. The first-order valence-corrected chi connectivity index (χ1v) is 7.97. The molecule has 2 rings (SSSR count). The number of rotatable bonds is 6. The van der Waals surface area contributed by atoms with Gasteiger partial charge in [0.25, 0.3) is 0 Å². The summed E-state index contributed by atoms with van der Waals surface area (Å²) in [6, 6.07) is 6.15. The molecule has 1 aliphatic rings. The van der Waals surface area contributed by atoms with Crippen LogP contribution in [-0.2, 0) is 10.2 Å². The summed E-state index contributed by atoms with van der Waals surface area (Å²) in [5.74, 6) is -0.296. The molecule has 4 nitrogen and oxygen atoms in total. The molecular formula is C17H26FN3O. The molecule has 1 heterocycles. The minimum Gasteiger partial charge on any atom is -0.355 e. The Balaban J connectivity index is 1.76. The van der Waals surface area contributed by atoms with Gasteiger partial charge in [-0.2, -0.15) is 0 Å². The smallest absolute Gasteiger partial charge is 0.230 e. The molecule has 0 spiro atoms. The van der Waals surface area contributed by atoms with Crippen molar-refractivity contribution in [2.24, 2.45) is 0 Å². The number of hydrogen-bond donors (Lipinski definition) is 2. The van der Waals surface area contributed by atoms with E-state index in [1.165, 1.54) is 12.1 Å². The molecule has 0 bridgehead atoms.